The van der Waals surface area contributed by atoms with E-state index >= 15 is 0 Å². The first-order chi connectivity index (χ1) is 21.7. The van der Waals surface area contributed by atoms with Crippen molar-refractivity contribution >= 4 is 81.0 Å². The number of thiocarbonyl (C=S) groups is 1. The number of amides is 2. The quantitative estimate of drug-likeness (QED) is 0.178. The van der Waals surface area contributed by atoms with Gasteiger partial charge >= 0.3 is 5.97 Å². The summed E-state index contributed by atoms with van der Waals surface area (Å²) in [5.74, 6) is -0.989. The van der Waals surface area contributed by atoms with Crippen molar-refractivity contribution in [3.05, 3.63) is 86.7 Å². The molecule has 0 bridgehead atoms. The predicted octanol–water partition coefficient (Wildman–Crippen LogP) is 6.30. The molecule has 234 valence electrons. The van der Waals surface area contributed by atoms with Crippen LogP contribution < -0.4 is 10.1 Å². The Labute approximate surface area is 280 Å². The average molecular weight is 687 g/mol. The van der Waals surface area contributed by atoms with E-state index in [0.29, 0.717) is 50.5 Å². The minimum absolute atomic E-state index is 0.0123. The number of thioether (sulfide) groups is 1. The Bertz CT molecular complexity index is 1640. The molecule has 2 amide bonds. The van der Waals surface area contributed by atoms with E-state index < -0.39 is 5.97 Å². The third-order valence-electron chi connectivity index (χ3n) is 7.15. The topological polar surface area (TPSA) is 108 Å². The normalized spacial score (nSPS) is 16.3. The number of carbonyl (C=O) groups excluding carboxylic acids is 2. The average Bonchev–Trinajstić information content (AvgIpc) is 3.29. The summed E-state index contributed by atoms with van der Waals surface area (Å²) in [5.41, 5.74) is 2.96. The molecular formula is C32H29Cl2N3O6S2. The number of ether oxygens (including phenoxy) is 2. The van der Waals surface area contributed by atoms with Crippen LogP contribution in [0.5, 0.6) is 5.75 Å². The molecule has 0 spiro atoms. The lowest BCUT2D eigenvalue weighted by molar-refractivity contribution is -0.122. The van der Waals surface area contributed by atoms with E-state index in [1.807, 2.05) is 24.3 Å². The van der Waals surface area contributed by atoms with Gasteiger partial charge in [-0.05, 0) is 65.7 Å². The largest absolute Gasteiger partial charge is 0.492 e. The Morgan fingerprint density at radius 2 is 1.78 bits per heavy atom. The van der Waals surface area contributed by atoms with Crippen LogP contribution in [0.1, 0.15) is 22.3 Å². The molecule has 13 heteroatoms. The lowest BCUT2D eigenvalue weighted by atomic mass is 10.0. The first-order valence-electron chi connectivity index (χ1n) is 14.1. The number of carboxylic acids is 1. The molecule has 2 saturated heterocycles. The summed E-state index contributed by atoms with van der Waals surface area (Å²) in [6, 6.07) is 16.9. The fourth-order valence-electron chi connectivity index (χ4n) is 4.74. The van der Waals surface area contributed by atoms with Crippen molar-refractivity contribution < 1.29 is 29.0 Å². The summed E-state index contributed by atoms with van der Waals surface area (Å²) in [6.07, 6.45) is 1.78. The van der Waals surface area contributed by atoms with Crippen LogP contribution in [0.25, 0.3) is 17.2 Å². The van der Waals surface area contributed by atoms with Crippen LogP contribution in [0.2, 0.25) is 10.0 Å². The first kappa shape index (κ1) is 32.9. The first-order valence-corrected chi connectivity index (χ1v) is 16.1. The fourth-order valence-corrected chi connectivity index (χ4v) is 6.35. The van der Waals surface area contributed by atoms with Gasteiger partial charge in [-0.2, -0.15) is 0 Å². The Morgan fingerprint density at radius 3 is 2.49 bits per heavy atom. The zero-order valence-corrected chi connectivity index (χ0v) is 27.1. The maximum absolute atomic E-state index is 13.3. The molecule has 0 aromatic heterocycles. The highest BCUT2D eigenvalue weighted by Gasteiger charge is 2.32. The highest BCUT2D eigenvalue weighted by molar-refractivity contribution is 8.26. The van der Waals surface area contributed by atoms with E-state index in [1.54, 1.807) is 18.2 Å². The Hall–Kier alpha value is -3.45. The summed E-state index contributed by atoms with van der Waals surface area (Å²) < 4.78 is 12.0. The number of hydrogen-bond acceptors (Lipinski definition) is 8. The van der Waals surface area contributed by atoms with E-state index in [-0.39, 0.29) is 30.3 Å². The molecule has 3 aromatic rings. The zero-order chi connectivity index (χ0) is 31.9. The van der Waals surface area contributed by atoms with E-state index in [0.717, 1.165) is 36.3 Å². The molecule has 0 saturated carbocycles. The molecule has 2 N–H and O–H groups in total. The molecule has 3 aromatic carbocycles. The number of benzene rings is 3. The number of carboxylic acid groups (broad SMARTS) is 1. The summed E-state index contributed by atoms with van der Waals surface area (Å²) in [4.78, 5) is 41.0. The van der Waals surface area contributed by atoms with Gasteiger partial charge in [0.05, 0.1) is 33.7 Å². The van der Waals surface area contributed by atoms with Gasteiger partial charge in [-0.3, -0.25) is 19.4 Å². The second-order valence-corrected chi connectivity index (χ2v) is 12.7. The van der Waals surface area contributed by atoms with E-state index in [9.17, 15) is 14.4 Å². The number of nitrogens with one attached hydrogen (secondary N) is 1. The van der Waals surface area contributed by atoms with Gasteiger partial charge in [-0.15, -0.1) is 0 Å². The monoisotopic (exact) mass is 685 g/mol. The fraction of sp³-hybridized carbons (Fsp3) is 0.250. The molecule has 45 heavy (non-hydrogen) atoms. The third kappa shape index (κ3) is 8.63. The van der Waals surface area contributed by atoms with Gasteiger partial charge in [0.1, 0.15) is 16.7 Å². The summed E-state index contributed by atoms with van der Waals surface area (Å²) in [6.45, 7) is 4.53. The van der Waals surface area contributed by atoms with Crippen LogP contribution in [-0.4, -0.2) is 83.0 Å². The van der Waals surface area contributed by atoms with Crippen molar-refractivity contribution in [3.63, 3.8) is 0 Å². The van der Waals surface area contributed by atoms with Gasteiger partial charge in [-0.1, -0.05) is 59.3 Å². The Balaban J connectivity index is 1.27. The molecule has 0 aliphatic carbocycles. The Kier molecular flexibility index (Phi) is 11.1. The molecule has 0 atom stereocenters. The van der Waals surface area contributed by atoms with Crippen molar-refractivity contribution in [2.24, 2.45) is 0 Å². The number of morpholine rings is 1. The number of halogens is 2. The van der Waals surface area contributed by atoms with Gasteiger partial charge in [0, 0.05) is 43.9 Å². The van der Waals surface area contributed by atoms with E-state index in [1.165, 1.54) is 40.9 Å². The van der Waals surface area contributed by atoms with Gasteiger partial charge in [-0.25, -0.2) is 4.79 Å². The molecule has 0 unspecified atom stereocenters. The minimum Gasteiger partial charge on any atom is -0.492 e. The van der Waals surface area contributed by atoms with Crippen molar-refractivity contribution in [1.82, 2.24) is 9.80 Å². The molecule has 2 fully saturated rings. The van der Waals surface area contributed by atoms with E-state index in [4.69, 9.17) is 50.0 Å². The van der Waals surface area contributed by atoms with Crippen LogP contribution in [0.4, 0.5) is 5.69 Å². The second kappa shape index (κ2) is 15.2. The van der Waals surface area contributed by atoms with Crippen LogP contribution in [-0.2, 0) is 14.3 Å². The number of aromatic carboxylic acids is 1. The second-order valence-electron chi connectivity index (χ2n) is 10.2. The predicted molar refractivity (Wildman–Crippen MR) is 181 cm³/mol. The number of nitrogens with zero attached hydrogens (tertiary/aromatic N) is 2. The van der Waals surface area contributed by atoms with Gasteiger partial charge in [0.2, 0.25) is 5.91 Å². The molecule has 2 aliphatic heterocycles. The summed E-state index contributed by atoms with van der Waals surface area (Å²) in [7, 11) is 0. The van der Waals surface area contributed by atoms with Crippen molar-refractivity contribution in [2.75, 3.05) is 51.3 Å². The van der Waals surface area contributed by atoms with Crippen LogP contribution >= 0.6 is 47.2 Å². The number of hydrogen-bond donors (Lipinski definition) is 2. The molecule has 2 heterocycles. The van der Waals surface area contributed by atoms with Crippen molar-refractivity contribution in [2.45, 2.75) is 6.42 Å². The molecule has 0 radical (unpaired) electrons. The maximum Gasteiger partial charge on any atom is 0.335 e. The van der Waals surface area contributed by atoms with Crippen LogP contribution in [0.3, 0.4) is 0 Å². The lowest BCUT2D eigenvalue weighted by Gasteiger charge is -2.26. The highest BCUT2D eigenvalue weighted by atomic mass is 35.5. The third-order valence-corrected chi connectivity index (χ3v) is 9.27. The highest BCUT2D eigenvalue weighted by Crippen LogP contribution is 2.37. The smallest absolute Gasteiger partial charge is 0.335 e. The minimum atomic E-state index is -1.05. The maximum atomic E-state index is 13.3. The standard InChI is InChI=1S/C32H29Cl2N3O6S2/c33-25-7-4-22(19-26(25)34)24-17-20(1-8-27(24)43-16-13-36-11-14-42-15-12-36)18-28-30(39)37(32(44)45-28)10-9-29(38)35-23-5-2-21(3-6-23)31(40)41/h1-8,17-19H,9-16H2,(H,35,38)(H,40,41)/b28-18-. The van der Waals surface area contributed by atoms with Gasteiger partial charge < -0.3 is 19.9 Å². The lowest BCUT2D eigenvalue weighted by Crippen LogP contribution is -2.38. The van der Waals surface area contributed by atoms with Crippen LogP contribution in [0.15, 0.2) is 65.6 Å². The van der Waals surface area contributed by atoms with Crippen molar-refractivity contribution in [1.29, 1.82) is 0 Å². The number of rotatable bonds is 11. The summed E-state index contributed by atoms with van der Waals surface area (Å²) >= 11 is 19.2. The zero-order valence-electron chi connectivity index (χ0n) is 24.0. The number of carbonyl (C=O) groups is 3. The molecule has 2 aliphatic rings. The number of anilines is 1. The van der Waals surface area contributed by atoms with Crippen LogP contribution in [0, 0.1) is 0 Å². The van der Waals surface area contributed by atoms with Gasteiger partial charge in [0.25, 0.3) is 5.91 Å². The molecule has 9 nitrogen and oxygen atoms in total. The van der Waals surface area contributed by atoms with Crippen molar-refractivity contribution in [3.8, 4) is 16.9 Å². The SMILES string of the molecule is O=C(CCN1C(=O)/C(=C/c2ccc(OCCN3CCOCC3)c(-c3ccc(Cl)c(Cl)c3)c2)SC1=S)Nc1ccc(C(=O)O)cc1. The molecule has 5 rings (SSSR count). The van der Waals surface area contributed by atoms with E-state index in [2.05, 4.69) is 10.2 Å². The van der Waals surface area contributed by atoms with Gasteiger partial charge in [0.15, 0.2) is 0 Å². The Morgan fingerprint density at radius 1 is 1.02 bits per heavy atom. The molecular weight excluding hydrogens is 657 g/mol. The summed E-state index contributed by atoms with van der Waals surface area (Å²) in [5, 5.41) is 12.6.